The lowest BCUT2D eigenvalue weighted by atomic mass is 10.00. The second-order valence-corrected chi connectivity index (χ2v) is 4.02. The van der Waals surface area contributed by atoms with Crippen molar-refractivity contribution in [1.82, 2.24) is 0 Å². The molecule has 2 rings (SSSR count). The van der Waals surface area contributed by atoms with E-state index in [1.807, 2.05) is 6.92 Å². The number of fused-ring (bicyclic) bond motifs is 1. The molecular weight excluding hydrogens is 462 g/mol. The van der Waals surface area contributed by atoms with Gasteiger partial charge in [-0.3, -0.25) is 4.79 Å². The van der Waals surface area contributed by atoms with E-state index in [-0.39, 0.29) is 6.42 Å². The number of ether oxygens (including phenoxy) is 1. The Bertz CT molecular complexity index is 487. The third-order valence-corrected chi connectivity index (χ3v) is 2.85. The summed E-state index contributed by atoms with van der Waals surface area (Å²) in [5.41, 5.74) is 0.0438. The molecule has 0 bridgehead atoms. The molecule has 1 N–H and O–H groups in total. The first-order chi connectivity index (χ1) is 8.49. The Morgan fingerprint density at radius 3 is 2.61 bits per heavy atom. The Morgan fingerprint density at radius 2 is 2.06 bits per heavy atom. The van der Waals surface area contributed by atoms with Crippen molar-refractivity contribution in [2.75, 3.05) is 7.11 Å². The van der Waals surface area contributed by atoms with Gasteiger partial charge in [0.25, 0.3) is 0 Å². The lowest BCUT2D eigenvalue weighted by molar-refractivity contribution is -0.156. The van der Waals surface area contributed by atoms with Gasteiger partial charge in [-0.1, -0.05) is 23.8 Å². The molecule has 1 aromatic rings. The molecule has 0 heterocycles. The van der Waals surface area contributed by atoms with Crippen LogP contribution in [0.1, 0.15) is 21.5 Å². The number of halogens is 2. The summed E-state index contributed by atoms with van der Waals surface area (Å²) in [7, 11) is 1.15. The zero-order valence-electron chi connectivity index (χ0n) is 9.87. The molecule has 1 aliphatic rings. The number of carbonyl (C=O) groups excluding carboxylic acids is 2. The fourth-order valence-electron chi connectivity index (χ4n) is 2.00. The van der Waals surface area contributed by atoms with Crippen LogP contribution in [0.4, 0.5) is 0 Å². The maximum Gasteiger partial charge on any atom is 0.346 e. The normalized spacial score (nSPS) is 20.8. The molecule has 0 radical (unpaired) electrons. The first kappa shape index (κ1) is 15.8. The van der Waals surface area contributed by atoms with E-state index in [0.29, 0.717) is 11.1 Å². The highest BCUT2D eigenvalue weighted by Gasteiger charge is 2.51. The number of benzene rings is 1. The molecule has 98 valence electrons. The largest absolute Gasteiger partial charge is 0.467 e. The lowest BCUT2D eigenvalue weighted by Crippen LogP contribution is -2.45. The summed E-state index contributed by atoms with van der Waals surface area (Å²) in [6.07, 6.45) is -0.00444. The lowest BCUT2D eigenvalue weighted by Gasteiger charge is -2.16. The maximum atomic E-state index is 11.9. The fraction of sp³-hybridized carbons (Fsp3) is 0.333. The standard InChI is InChI=1S/C12H12O4.I2/c1-7-3-4-9-8(5-7)6-12(15,10(9)13)11(14)16-2;1-2/h3-5,15H,6H2,1-2H3;. The van der Waals surface area contributed by atoms with Crippen LogP contribution in [-0.4, -0.2) is 29.6 Å². The van der Waals surface area contributed by atoms with Crippen molar-refractivity contribution >= 4 is 49.0 Å². The minimum atomic E-state index is -2.04. The Balaban J connectivity index is 0.000000771. The third-order valence-electron chi connectivity index (χ3n) is 2.85. The SMILES string of the molecule is COC(=O)C1(O)Cc2cc(C)ccc2C1=O.II. The first-order valence-electron chi connectivity index (χ1n) is 5.08. The van der Waals surface area contributed by atoms with E-state index in [9.17, 15) is 14.7 Å². The number of aryl methyl sites for hydroxylation is 1. The van der Waals surface area contributed by atoms with E-state index >= 15 is 0 Å². The van der Waals surface area contributed by atoms with E-state index in [2.05, 4.69) is 42.0 Å². The summed E-state index contributed by atoms with van der Waals surface area (Å²) < 4.78 is 4.46. The summed E-state index contributed by atoms with van der Waals surface area (Å²) in [4.78, 5) is 23.3. The number of hydrogen-bond donors (Lipinski definition) is 1. The van der Waals surface area contributed by atoms with E-state index in [4.69, 9.17) is 0 Å². The van der Waals surface area contributed by atoms with Crippen LogP contribution in [0.5, 0.6) is 0 Å². The fourth-order valence-corrected chi connectivity index (χ4v) is 2.00. The monoisotopic (exact) mass is 474 g/mol. The van der Waals surface area contributed by atoms with Crippen molar-refractivity contribution in [3.8, 4) is 0 Å². The molecule has 18 heavy (non-hydrogen) atoms. The van der Waals surface area contributed by atoms with Gasteiger partial charge in [-0.15, -0.1) is 0 Å². The maximum absolute atomic E-state index is 11.9. The smallest absolute Gasteiger partial charge is 0.346 e. The minimum Gasteiger partial charge on any atom is -0.467 e. The second-order valence-electron chi connectivity index (χ2n) is 4.02. The van der Waals surface area contributed by atoms with Crippen molar-refractivity contribution in [1.29, 1.82) is 0 Å². The Labute approximate surface area is 128 Å². The van der Waals surface area contributed by atoms with Gasteiger partial charge in [0.05, 0.1) is 7.11 Å². The number of rotatable bonds is 1. The highest BCUT2D eigenvalue weighted by Crippen LogP contribution is 2.31. The van der Waals surface area contributed by atoms with Gasteiger partial charge in [-0.25, -0.2) is 4.79 Å². The van der Waals surface area contributed by atoms with Gasteiger partial charge < -0.3 is 9.84 Å². The van der Waals surface area contributed by atoms with Crippen molar-refractivity contribution in [2.24, 2.45) is 0 Å². The minimum absolute atomic E-state index is 0.00444. The molecule has 6 heteroatoms. The number of Topliss-reactive ketones (excluding diaryl/α,β-unsaturated/α-hetero) is 1. The Hall–Kier alpha value is -0.220. The highest BCUT2D eigenvalue weighted by molar-refractivity contribution is 15.0. The summed E-state index contributed by atoms with van der Waals surface area (Å²) in [6, 6.07) is 5.21. The van der Waals surface area contributed by atoms with Crippen LogP contribution in [0, 0.1) is 6.92 Å². The van der Waals surface area contributed by atoms with Gasteiger partial charge in [0.1, 0.15) is 0 Å². The molecule has 1 aromatic carbocycles. The number of ketones is 1. The van der Waals surface area contributed by atoms with Crippen LogP contribution in [0.25, 0.3) is 0 Å². The van der Waals surface area contributed by atoms with Gasteiger partial charge in [-0.05, 0) is 12.5 Å². The van der Waals surface area contributed by atoms with E-state index in [1.165, 1.54) is 0 Å². The summed E-state index contributed by atoms with van der Waals surface area (Å²) in [5.74, 6) is -1.47. The molecule has 0 aromatic heterocycles. The second kappa shape index (κ2) is 6.29. The van der Waals surface area contributed by atoms with Crippen LogP contribution < -0.4 is 0 Å². The molecule has 0 saturated heterocycles. The summed E-state index contributed by atoms with van der Waals surface area (Å²) in [6.45, 7) is 1.89. The quantitative estimate of drug-likeness (QED) is 0.386. The predicted octanol–water partition coefficient (Wildman–Crippen LogP) is 2.41. The average molecular weight is 474 g/mol. The highest BCUT2D eigenvalue weighted by atomic mass is 128. The molecule has 0 fully saturated rings. The van der Waals surface area contributed by atoms with Crippen LogP contribution in [-0.2, 0) is 16.0 Å². The summed E-state index contributed by atoms with van der Waals surface area (Å²) >= 11 is 4.24. The molecule has 1 unspecified atom stereocenters. The van der Waals surface area contributed by atoms with Crippen LogP contribution in [0.2, 0.25) is 0 Å². The molecule has 4 nitrogen and oxygen atoms in total. The van der Waals surface area contributed by atoms with E-state index < -0.39 is 17.4 Å². The molecular formula is C12H12I2O4. The summed E-state index contributed by atoms with van der Waals surface area (Å²) in [5, 5.41) is 10.0. The zero-order valence-corrected chi connectivity index (χ0v) is 14.2. The topological polar surface area (TPSA) is 63.6 Å². The molecule has 0 aliphatic heterocycles. The van der Waals surface area contributed by atoms with Crippen molar-refractivity contribution in [2.45, 2.75) is 18.9 Å². The van der Waals surface area contributed by atoms with Crippen molar-refractivity contribution in [3.63, 3.8) is 0 Å². The van der Waals surface area contributed by atoms with Gasteiger partial charge in [0.2, 0.25) is 11.4 Å². The van der Waals surface area contributed by atoms with E-state index in [0.717, 1.165) is 12.7 Å². The number of hydrogen-bond acceptors (Lipinski definition) is 4. The molecule has 0 spiro atoms. The van der Waals surface area contributed by atoms with Gasteiger partial charge in [-0.2, -0.15) is 0 Å². The van der Waals surface area contributed by atoms with Gasteiger partial charge in [0, 0.05) is 49.2 Å². The van der Waals surface area contributed by atoms with Crippen molar-refractivity contribution in [3.05, 3.63) is 34.9 Å². The Morgan fingerprint density at radius 1 is 1.44 bits per heavy atom. The molecule has 1 aliphatic carbocycles. The molecule has 0 saturated carbocycles. The average Bonchev–Trinajstić information content (AvgIpc) is 2.63. The van der Waals surface area contributed by atoms with Gasteiger partial charge >= 0.3 is 5.97 Å². The Kier molecular flexibility index (Phi) is 5.53. The predicted molar refractivity (Wildman–Crippen MR) is 84.2 cm³/mol. The van der Waals surface area contributed by atoms with Crippen LogP contribution in [0.3, 0.4) is 0 Å². The molecule has 0 amide bonds. The first-order valence-corrected chi connectivity index (χ1v) is 11.4. The van der Waals surface area contributed by atoms with Gasteiger partial charge in [0.15, 0.2) is 0 Å². The van der Waals surface area contributed by atoms with E-state index in [1.54, 1.807) is 18.2 Å². The van der Waals surface area contributed by atoms with Crippen LogP contribution >= 0.6 is 37.2 Å². The third kappa shape index (κ3) is 2.69. The molecule has 1 atom stereocenters. The number of esters is 1. The number of methoxy groups -OCH3 is 1. The van der Waals surface area contributed by atoms with Crippen LogP contribution in [0.15, 0.2) is 18.2 Å². The zero-order chi connectivity index (χ0) is 13.9. The number of carbonyl (C=O) groups is 2. The number of aliphatic hydroxyl groups is 1. The van der Waals surface area contributed by atoms with Crippen molar-refractivity contribution < 1.29 is 19.4 Å².